The van der Waals surface area contributed by atoms with Crippen molar-refractivity contribution in [3.63, 3.8) is 0 Å². The fourth-order valence-corrected chi connectivity index (χ4v) is 3.99. The highest BCUT2D eigenvalue weighted by Crippen LogP contribution is 2.29. The Morgan fingerprint density at radius 3 is 2.59 bits per heavy atom. The summed E-state index contributed by atoms with van der Waals surface area (Å²) in [6.45, 7) is 3.77. The molecule has 4 rings (SSSR count). The molecule has 0 spiro atoms. The summed E-state index contributed by atoms with van der Waals surface area (Å²) in [6, 6.07) is 10.1. The molecule has 0 saturated carbocycles. The average molecular weight is 479 g/mol. The molecule has 3 aromatic heterocycles. The van der Waals surface area contributed by atoms with Gasteiger partial charge in [-0.25, -0.2) is 19.7 Å². The maximum absolute atomic E-state index is 13.3. The minimum atomic E-state index is -1.20. The molecule has 10 heteroatoms. The Morgan fingerprint density at radius 1 is 1.18 bits per heavy atom. The number of pyridine rings is 2. The van der Waals surface area contributed by atoms with Gasteiger partial charge in [0.2, 0.25) is 0 Å². The van der Waals surface area contributed by atoms with Gasteiger partial charge < -0.3 is 15.7 Å². The van der Waals surface area contributed by atoms with Gasteiger partial charge in [-0.15, -0.1) is 0 Å². The van der Waals surface area contributed by atoms with Crippen LogP contribution in [0.15, 0.2) is 47.4 Å². The summed E-state index contributed by atoms with van der Waals surface area (Å²) >= 11 is 5.88. The topological polar surface area (TPSA) is 122 Å². The summed E-state index contributed by atoms with van der Waals surface area (Å²) in [5, 5.41) is 16.2. The molecule has 3 N–H and O–H groups in total. The van der Waals surface area contributed by atoms with Gasteiger partial charge in [-0.05, 0) is 49.7 Å². The van der Waals surface area contributed by atoms with Crippen molar-refractivity contribution in [2.45, 2.75) is 19.9 Å². The Kier molecular flexibility index (Phi) is 6.21. The first-order valence-corrected chi connectivity index (χ1v) is 10.9. The van der Waals surface area contributed by atoms with Crippen LogP contribution in [0, 0.1) is 6.92 Å². The van der Waals surface area contributed by atoms with Crippen molar-refractivity contribution in [2.75, 3.05) is 17.7 Å². The average Bonchev–Trinajstić information content (AvgIpc) is 2.82. The molecule has 0 aliphatic carbocycles. The molecule has 174 valence electrons. The van der Waals surface area contributed by atoms with Crippen molar-refractivity contribution in [3.8, 4) is 11.4 Å². The third-order valence-corrected chi connectivity index (χ3v) is 5.74. The standard InChI is InChI=1S/C24H23ClN6O3/c1-12-9-15(13(2)28-17-6-7-18(25)29-21(17)24(33)34)20-16(10-12)23(32)31(4)22(30-20)14-5-8-19(26-3)27-11-14/h5-11,13,28H,1-4H3,(H,26,27)(H,33,34)/t13-/m1/s1. The lowest BCUT2D eigenvalue weighted by atomic mass is 10.0. The van der Waals surface area contributed by atoms with Crippen LogP contribution in [-0.4, -0.2) is 37.6 Å². The minimum Gasteiger partial charge on any atom is -0.476 e. The Hall–Kier alpha value is -3.98. The van der Waals surface area contributed by atoms with Crippen molar-refractivity contribution in [1.82, 2.24) is 19.5 Å². The van der Waals surface area contributed by atoms with Crippen molar-refractivity contribution in [2.24, 2.45) is 7.05 Å². The predicted molar refractivity (Wildman–Crippen MR) is 133 cm³/mol. The van der Waals surface area contributed by atoms with E-state index in [1.54, 1.807) is 32.4 Å². The van der Waals surface area contributed by atoms with Crippen LogP contribution < -0.4 is 16.2 Å². The fourth-order valence-electron chi connectivity index (χ4n) is 3.84. The Balaban J connectivity index is 1.87. The van der Waals surface area contributed by atoms with Crippen LogP contribution >= 0.6 is 11.6 Å². The Labute approximate surface area is 200 Å². The number of aryl methyl sites for hydroxylation is 1. The smallest absolute Gasteiger partial charge is 0.356 e. The molecule has 9 nitrogen and oxygen atoms in total. The van der Waals surface area contributed by atoms with Crippen LogP contribution in [0.25, 0.3) is 22.3 Å². The molecule has 1 atom stereocenters. The van der Waals surface area contributed by atoms with Gasteiger partial charge in [0, 0.05) is 31.4 Å². The van der Waals surface area contributed by atoms with E-state index >= 15 is 0 Å². The number of nitrogens with zero attached hydrogens (tertiary/aromatic N) is 4. The SMILES string of the molecule is CNc1ccc(-c2nc3c([C@@H](C)Nc4ccc(Cl)nc4C(=O)O)cc(C)cc3c(=O)n2C)cn1. The molecule has 4 aromatic rings. The zero-order valence-electron chi connectivity index (χ0n) is 19.0. The van der Waals surface area contributed by atoms with Crippen LogP contribution in [0.3, 0.4) is 0 Å². The van der Waals surface area contributed by atoms with Gasteiger partial charge in [0.05, 0.1) is 22.6 Å². The predicted octanol–water partition coefficient (Wildman–Crippen LogP) is 4.27. The van der Waals surface area contributed by atoms with E-state index in [9.17, 15) is 14.7 Å². The number of carbonyl (C=O) groups is 1. The second-order valence-electron chi connectivity index (χ2n) is 7.93. The summed E-state index contributed by atoms with van der Waals surface area (Å²) in [5.74, 6) is -0.0167. The first kappa shape index (κ1) is 23.2. The van der Waals surface area contributed by atoms with E-state index < -0.39 is 5.97 Å². The quantitative estimate of drug-likeness (QED) is 0.351. The second kappa shape index (κ2) is 9.11. The lowest BCUT2D eigenvalue weighted by Crippen LogP contribution is -2.22. The molecule has 0 radical (unpaired) electrons. The van der Waals surface area contributed by atoms with Gasteiger partial charge in [-0.3, -0.25) is 9.36 Å². The van der Waals surface area contributed by atoms with Gasteiger partial charge in [-0.1, -0.05) is 17.7 Å². The van der Waals surface area contributed by atoms with Crippen LogP contribution in [-0.2, 0) is 7.05 Å². The van der Waals surface area contributed by atoms with Gasteiger partial charge in [0.25, 0.3) is 5.56 Å². The largest absolute Gasteiger partial charge is 0.476 e. The van der Waals surface area contributed by atoms with E-state index in [1.165, 1.54) is 10.6 Å². The first-order valence-electron chi connectivity index (χ1n) is 10.5. The van der Waals surface area contributed by atoms with Gasteiger partial charge in [0.15, 0.2) is 5.69 Å². The molecule has 0 fully saturated rings. The molecule has 0 unspecified atom stereocenters. The lowest BCUT2D eigenvalue weighted by Gasteiger charge is -2.20. The number of halogens is 1. The van der Waals surface area contributed by atoms with E-state index in [0.717, 1.165) is 11.1 Å². The number of aromatic nitrogens is 4. The highest BCUT2D eigenvalue weighted by molar-refractivity contribution is 6.29. The number of anilines is 2. The maximum atomic E-state index is 13.3. The van der Waals surface area contributed by atoms with Crippen LogP contribution in [0.2, 0.25) is 5.15 Å². The second-order valence-corrected chi connectivity index (χ2v) is 8.32. The molecule has 1 aromatic carbocycles. The van der Waals surface area contributed by atoms with E-state index in [1.807, 2.05) is 32.0 Å². The minimum absolute atomic E-state index is 0.0873. The summed E-state index contributed by atoms with van der Waals surface area (Å²) in [6.07, 6.45) is 1.66. The van der Waals surface area contributed by atoms with Crippen LogP contribution in [0.4, 0.5) is 11.5 Å². The zero-order valence-corrected chi connectivity index (χ0v) is 19.8. The molecule has 34 heavy (non-hydrogen) atoms. The zero-order chi connectivity index (χ0) is 24.6. The molecule has 0 amide bonds. The summed E-state index contributed by atoms with van der Waals surface area (Å²) in [4.78, 5) is 38.0. The monoisotopic (exact) mass is 478 g/mol. The summed E-state index contributed by atoms with van der Waals surface area (Å²) < 4.78 is 1.51. The number of hydrogen-bond donors (Lipinski definition) is 3. The molecule has 0 bridgehead atoms. The maximum Gasteiger partial charge on any atom is 0.356 e. The number of hydrogen-bond acceptors (Lipinski definition) is 7. The third kappa shape index (κ3) is 4.29. The van der Waals surface area contributed by atoms with Gasteiger partial charge in [-0.2, -0.15) is 0 Å². The lowest BCUT2D eigenvalue weighted by molar-refractivity contribution is 0.0691. The molecular weight excluding hydrogens is 456 g/mol. The van der Waals surface area contributed by atoms with E-state index in [-0.39, 0.29) is 22.4 Å². The highest BCUT2D eigenvalue weighted by Gasteiger charge is 2.20. The number of rotatable bonds is 6. The van der Waals surface area contributed by atoms with Crippen LogP contribution in [0.1, 0.15) is 34.6 Å². The molecule has 0 aliphatic heterocycles. The molecule has 0 aliphatic rings. The van der Waals surface area contributed by atoms with Crippen molar-refractivity contribution < 1.29 is 9.90 Å². The number of benzene rings is 1. The number of carboxylic acids is 1. The Bertz CT molecular complexity index is 1470. The number of aromatic carboxylic acids is 1. The summed E-state index contributed by atoms with van der Waals surface area (Å²) in [5.41, 5.74) is 2.80. The van der Waals surface area contributed by atoms with Crippen molar-refractivity contribution in [1.29, 1.82) is 0 Å². The van der Waals surface area contributed by atoms with Gasteiger partial charge in [0.1, 0.15) is 16.8 Å². The van der Waals surface area contributed by atoms with E-state index in [2.05, 4.69) is 20.6 Å². The van der Waals surface area contributed by atoms with Crippen molar-refractivity contribution in [3.05, 3.63) is 74.9 Å². The van der Waals surface area contributed by atoms with Crippen LogP contribution in [0.5, 0.6) is 0 Å². The van der Waals surface area contributed by atoms with E-state index in [4.69, 9.17) is 16.6 Å². The summed E-state index contributed by atoms with van der Waals surface area (Å²) in [7, 11) is 3.46. The normalized spacial score (nSPS) is 11.9. The molecular formula is C24H23ClN6O3. The number of carboxylic acid groups (broad SMARTS) is 1. The molecule has 3 heterocycles. The van der Waals surface area contributed by atoms with Gasteiger partial charge >= 0.3 is 5.97 Å². The molecule has 0 saturated heterocycles. The Morgan fingerprint density at radius 2 is 1.94 bits per heavy atom. The third-order valence-electron chi connectivity index (χ3n) is 5.53. The number of fused-ring (bicyclic) bond motifs is 1. The first-order chi connectivity index (χ1) is 16.2. The number of nitrogens with one attached hydrogen (secondary N) is 2. The highest BCUT2D eigenvalue weighted by atomic mass is 35.5. The fraction of sp³-hybridized carbons (Fsp3) is 0.208. The van der Waals surface area contributed by atoms with E-state index in [0.29, 0.717) is 33.8 Å². The van der Waals surface area contributed by atoms with Crippen molar-refractivity contribution >= 4 is 40.0 Å².